The summed E-state index contributed by atoms with van der Waals surface area (Å²) in [4.78, 5) is 0.340. The molecule has 0 spiro atoms. The van der Waals surface area contributed by atoms with Crippen molar-refractivity contribution >= 4 is 15.8 Å². The molecule has 5 nitrogen and oxygen atoms in total. The van der Waals surface area contributed by atoms with E-state index in [2.05, 4.69) is 9.82 Å². The Kier molecular flexibility index (Phi) is 4.87. The first-order valence-electron chi connectivity index (χ1n) is 8.45. The Bertz CT molecular complexity index is 1010. The number of rotatable bonds is 5. The lowest BCUT2D eigenvalue weighted by atomic mass is 10.0. The fourth-order valence-corrected chi connectivity index (χ4v) is 4.66. The largest absolute Gasteiger partial charge is 0.266 e. The van der Waals surface area contributed by atoms with E-state index in [0.717, 1.165) is 27.8 Å². The molecular weight excluding hydrogens is 346 g/mol. The highest BCUT2D eigenvalue weighted by Gasteiger charge is 2.23. The highest BCUT2D eigenvalue weighted by atomic mass is 32.2. The molecule has 1 N–H and O–H groups in total. The Balaban J connectivity index is 1.88. The van der Waals surface area contributed by atoms with Gasteiger partial charge in [0.15, 0.2) is 5.82 Å². The predicted molar refractivity (Wildman–Crippen MR) is 104 cm³/mol. The standard InChI is InChI=1S/C20H23N3O2S/c1-14-12-15(2)17(4)20(16(14)3)26(24,25)22-19-10-11-23(21-19)13-18-8-6-5-7-9-18/h5-12H,13H2,1-4H3,(H,21,22). The molecule has 1 aromatic heterocycles. The van der Waals surface area contributed by atoms with Crippen LogP contribution in [0, 0.1) is 27.7 Å². The van der Waals surface area contributed by atoms with Crippen molar-refractivity contribution in [2.45, 2.75) is 39.1 Å². The van der Waals surface area contributed by atoms with Crippen LogP contribution in [0.2, 0.25) is 0 Å². The van der Waals surface area contributed by atoms with Gasteiger partial charge in [-0.1, -0.05) is 36.4 Å². The first kappa shape index (κ1) is 18.2. The van der Waals surface area contributed by atoms with Gasteiger partial charge in [0.05, 0.1) is 11.4 Å². The summed E-state index contributed by atoms with van der Waals surface area (Å²) in [5, 5.41) is 4.35. The van der Waals surface area contributed by atoms with Crippen LogP contribution in [0.1, 0.15) is 27.8 Å². The van der Waals surface area contributed by atoms with Gasteiger partial charge in [-0.05, 0) is 55.5 Å². The van der Waals surface area contributed by atoms with Crippen LogP contribution in [0.5, 0.6) is 0 Å². The van der Waals surface area contributed by atoms with E-state index < -0.39 is 10.0 Å². The first-order chi connectivity index (χ1) is 12.3. The Morgan fingerprint density at radius 2 is 1.58 bits per heavy atom. The van der Waals surface area contributed by atoms with Crippen molar-refractivity contribution in [2.75, 3.05) is 4.72 Å². The van der Waals surface area contributed by atoms with Crippen molar-refractivity contribution in [3.63, 3.8) is 0 Å². The molecule has 0 aliphatic heterocycles. The smallest absolute Gasteiger partial charge is 0.263 e. The van der Waals surface area contributed by atoms with Crippen LogP contribution in [0.25, 0.3) is 0 Å². The van der Waals surface area contributed by atoms with Crippen molar-refractivity contribution in [1.29, 1.82) is 0 Å². The summed E-state index contributed by atoms with van der Waals surface area (Å²) >= 11 is 0. The van der Waals surface area contributed by atoms with Gasteiger partial charge in [0.25, 0.3) is 10.0 Å². The molecule has 0 saturated carbocycles. The van der Waals surface area contributed by atoms with Crippen LogP contribution in [0.15, 0.2) is 53.6 Å². The van der Waals surface area contributed by atoms with Crippen molar-refractivity contribution in [2.24, 2.45) is 0 Å². The molecule has 0 unspecified atom stereocenters. The number of hydrogen-bond acceptors (Lipinski definition) is 3. The Labute approximate surface area is 154 Å². The van der Waals surface area contributed by atoms with Crippen LogP contribution in [0.4, 0.5) is 5.82 Å². The minimum Gasteiger partial charge on any atom is -0.266 e. The molecular formula is C20H23N3O2S. The highest BCUT2D eigenvalue weighted by molar-refractivity contribution is 7.92. The Hall–Kier alpha value is -2.60. The quantitative estimate of drug-likeness (QED) is 0.740. The second-order valence-electron chi connectivity index (χ2n) is 6.58. The zero-order valence-electron chi connectivity index (χ0n) is 15.4. The van der Waals surface area contributed by atoms with Gasteiger partial charge in [-0.15, -0.1) is 0 Å². The number of benzene rings is 2. The molecule has 2 aromatic carbocycles. The lowest BCUT2D eigenvalue weighted by molar-refractivity contribution is 0.599. The summed E-state index contributed by atoms with van der Waals surface area (Å²) in [5.41, 5.74) is 4.56. The molecule has 26 heavy (non-hydrogen) atoms. The molecule has 0 aliphatic carbocycles. The minimum absolute atomic E-state index is 0.318. The van der Waals surface area contributed by atoms with Gasteiger partial charge in [0.2, 0.25) is 0 Å². The predicted octanol–water partition coefficient (Wildman–Crippen LogP) is 3.97. The lowest BCUT2D eigenvalue weighted by Gasteiger charge is -2.15. The van der Waals surface area contributed by atoms with Crippen LogP contribution in [-0.2, 0) is 16.6 Å². The third-order valence-electron chi connectivity index (χ3n) is 4.63. The lowest BCUT2D eigenvalue weighted by Crippen LogP contribution is -2.17. The van der Waals surface area contributed by atoms with E-state index in [9.17, 15) is 8.42 Å². The fraction of sp³-hybridized carbons (Fsp3) is 0.250. The molecule has 0 bridgehead atoms. The fourth-order valence-electron chi connectivity index (χ4n) is 3.05. The zero-order valence-corrected chi connectivity index (χ0v) is 16.3. The third kappa shape index (κ3) is 3.65. The molecule has 6 heteroatoms. The minimum atomic E-state index is -3.71. The maximum absolute atomic E-state index is 13.0. The average molecular weight is 369 g/mol. The highest BCUT2D eigenvalue weighted by Crippen LogP contribution is 2.27. The summed E-state index contributed by atoms with van der Waals surface area (Å²) in [6, 6.07) is 13.6. The van der Waals surface area contributed by atoms with Gasteiger partial charge in [-0.25, -0.2) is 8.42 Å². The summed E-state index contributed by atoms with van der Waals surface area (Å²) < 4.78 is 30.2. The number of aryl methyl sites for hydroxylation is 2. The number of hydrogen-bond donors (Lipinski definition) is 1. The zero-order chi connectivity index (χ0) is 18.9. The average Bonchev–Trinajstić information content (AvgIpc) is 3.00. The number of sulfonamides is 1. The topological polar surface area (TPSA) is 64.0 Å². The monoisotopic (exact) mass is 369 g/mol. The van der Waals surface area contributed by atoms with E-state index in [1.54, 1.807) is 16.9 Å². The van der Waals surface area contributed by atoms with E-state index >= 15 is 0 Å². The molecule has 1 heterocycles. The van der Waals surface area contributed by atoms with Crippen LogP contribution in [-0.4, -0.2) is 18.2 Å². The summed E-state index contributed by atoms with van der Waals surface area (Å²) in [6.07, 6.45) is 1.77. The van der Waals surface area contributed by atoms with Crippen LogP contribution >= 0.6 is 0 Å². The van der Waals surface area contributed by atoms with E-state index in [4.69, 9.17) is 0 Å². The van der Waals surface area contributed by atoms with Gasteiger partial charge in [0, 0.05) is 12.3 Å². The molecule has 3 rings (SSSR count). The van der Waals surface area contributed by atoms with E-state index in [0.29, 0.717) is 17.3 Å². The molecule has 0 saturated heterocycles. The molecule has 0 fully saturated rings. The molecule has 0 atom stereocenters. The second-order valence-corrected chi connectivity index (χ2v) is 8.20. The van der Waals surface area contributed by atoms with Crippen molar-refractivity contribution in [1.82, 2.24) is 9.78 Å². The van der Waals surface area contributed by atoms with Gasteiger partial charge in [0.1, 0.15) is 0 Å². The van der Waals surface area contributed by atoms with E-state index in [1.807, 2.05) is 64.1 Å². The number of nitrogens with zero attached hydrogens (tertiary/aromatic N) is 2. The van der Waals surface area contributed by atoms with Crippen molar-refractivity contribution < 1.29 is 8.42 Å². The maximum Gasteiger partial charge on any atom is 0.263 e. The Morgan fingerprint density at radius 3 is 2.19 bits per heavy atom. The number of nitrogens with one attached hydrogen (secondary N) is 1. The third-order valence-corrected chi connectivity index (χ3v) is 6.26. The molecule has 136 valence electrons. The van der Waals surface area contributed by atoms with Gasteiger partial charge >= 0.3 is 0 Å². The molecule has 0 radical (unpaired) electrons. The van der Waals surface area contributed by atoms with Gasteiger partial charge in [-0.3, -0.25) is 9.40 Å². The van der Waals surface area contributed by atoms with Gasteiger partial charge in [-0.2, -0.15) is 5.10 Å². The summed E-state index contributed by atoms with van der Waals surface area (Å²) in [7, 11) is -3.71. The van der Waals surface area contributed by atoms with Crippen molar-refractivity contribution in [3.05, 3.63) is 76.5 Å². The molecule has 0 aliphatic rings. The maximum atomic E-state index is 13.0. The SMILES string of the molecule is Cc1cc(C)c(C)c(S(=O)(=O)Nc2ccn(Cc3ccccc3)n2)c1C. The first-order valence-corrected chi connectivity index (χ1v) is 9.94. The van der Waals surface area contributed by atoms with Crippen LogP contribution < -0.4 is 4.72 Å². The number of anilines is 1. The van der Waals surface area contributed by atoms with Crippen molar-refractivity contribution in [3.8, 4) is 0 Å². The van der Waals surface area contributed by atoms with E-state index in [-0.39, 0.29) is 0 Å². The van der Waals surface area contributed by atoms with Crippen LogP contribution in [0.3, 0.4) is 0 Å². The normalized spacial score (nSPS) is 11.5. The molecule has 3 aromatic rings. The Morgan fingerprint density at radius 1 is 0.962 bits per heavy atom. The van der Waals surface area contributed by atoms with Gasteiger partial charge < -0.3 is 0 Å². The summed E-state index contributed by atoms with van der Waals surface area (Å²) in [6.45, 7) is 8.11. The molecule has 0 amide bonds. The number of aromatic nitrogens is 2. The summed E-state index contributed by atoms with van der Waals surface area (Å²) in [5.74, 6) is 0.318. The second kappa shape index (κ2) is 6.96. The van der Waals surface area contributed by atoms with E-state index in [1.165, 1.54) is 0 Å².